The molecule has 0 saturated carbocycles. The highest BCUT2D eigenvalue weighted by atomic mass is 19.1. The molecule has 0 aromatic heterocycles. The van der Waals surface area contributed by atoms with Crippen LogP contribution in [0.5, 0.6) is 0 Å². The number of urea groups is 2. The molecule has 32 heavy (non-hydrogen) atoms. The molecule has 1 atom stereocenters. The molecule has 2 heterocycles. The number of carbonyl (C=O) groups excluding carboxylic acids is 2. The number of likely N-dealkylation sites (tertiary alicyclic amines) is 1. The minimum absolute atomic E-state index is 0.189. The molecule has 2 aliphatic rings. The largest absolute Gasteiger partial charge is 0.338 e. The van der Waals surface area contributed by atoms with Crippen molar-refractivity contribution in [3.63, 3.8) is 0 Å². The van der Waals surface area contributed by atoms with Gasteiger partial charge in [-0.25, -0.2) is 18.9 Å². The molecule has 2 saturated heterocycles. The van der Waals surface area contributed by atoms with E-state index in [0.29, 0.717) is 25.4 Å². The van der Waals surface area contributed by atoms with Crippen LogP contribution in [0.25, 0.3) is 0 Å². The highest BCUT2D eigenvalue weighted by molar-refractivity contribution is 5.94. The van der Waals surface area contributed by atoms with E-state index in [4.69, 9.17) is 0 Å². The first-order valence-corrected chi connectivity index (χ1v) is 11.5. The van der Waals surface area contributed by atoms with Crippen LogP contribution in [-0.2, 0) is 0 Å². The molecule has 4 rings (SSSR count). The van der Waals surface area contributed by atoms with Gasteiger partial charge < -0.3 is 15.5 Å². The number of halogens is 1. The second kappa shape index (κ2) is 10.6. The third-order valence-corrected chi connectivity index (χ3v) is 6.48. The van der Waals surface area contributed by atoms with Crippen LogP contribution in [-0.4, -0.2) is 54.6 Å². The zero-order valence-corrected chi connectivity index (χ0v) is 18.3. The average molecular weight is 439 g/mol. The van der Waals surface area contributed by atoms with Crippen molar-refractivity contribution in [3.8, 4) is 0 Å². The minimum atomic E-state index is -0.342. The molecule has 4 amide bonds. The summed E-state index contributed by atoms with van der Waals surface area (Å²) in [5.41, 5.74) is 2.19. The highest BCUT2D eigenvalue weighted by Gasteiger charge is 2.34. The first kappa shape index (κ1) is 22.3. The van der Waals surface area contributed by atoms with Crippen molar-refractivity contribution in [1.82, 2.24) is 20.4 Å². The van der Waals surface area contributed by atoms with Gasteiger partial charge in [0.05, 0.1) is 6.04 Å². The molecule has 0 spiro atoms. The number of rotatable bonds is 6. The first-order valence-electron chi connectivity index (χ1n) is 11.5. The smallest absolute Gasteiger partial charge is 0.326 e. The van der Waals surface area contributed by atoms with Gasteiger partial charge in [-0.3, -0.25) is 0 Å². The van der Waals surface area contributed by atoms with E-state index >= 15 is 0 Å². The third kappa shape index (κ3) is 5.46. The number of nitrogens with zero attached hydrogens (tertiary/aromatic N) is 2. The molecule has 2 aromatic rings. The van der Waals surface area contributed by atoms with E-state index in [1.807, 2.05) is 42.5 Å². The Morgan fingerprint density at radius 1 is 1.00 bits per heavy atom. The fraction of sp³-hybridized carbons (Fsp3) is 0.440. The number of amides is 4. The number of benzene rings is 2. The number of hydrogen-bond acceptors (Lipinski definition) is 3. The van der Waals surface area contributed by atoms with Crippen molar-refractivity contribution in [1.29, 1.82) is 0 Å². The van der Waals surface area contributed by atoms with Crippen molar-refractivity contribution >= 4 is 12.1 Å². The second-order valence-electron chi connectivity index (χ2n) is 8.57. The lowest BCUT2D eigenvalue weighted by atomic mass is 9.89. The summed E-state index contributed by atoms with van der Waals surface area (Å²) in [5.74, 6) is 0.296. The van der Waals surface area contributed by atoms with Crippen molar-refractivity contribution in [2.45, 2.75) is 37.6 Å². The Kier molecular flexibility index (Phi) is 7.37. The van der Waals surface area contributed by atoms with E-state index in [0.717, 1.165) is 44.5 Å². The summed E-state index contributed by atoms with van der Waals surface area (Å²) in [5, 5.41) is 5.70. The summed E-state index contributed by atoms with van der Waals surface area (Å²) in [6, 6.07) is 15.6. The van der Waals surface area contributed by atoms with Crippen molar-refractivity contribution in [3.05, 3.63) is 71.5 Å². The number of imide groups is 1. The summed E-state index contributed by atoms with van der Waals surface area (Å²) < 4.78 is 13.1. The molecular weight excluding hydrogens is 407 g/mol. The molecular formula is C25H31FN4O2. The summed E-state index contributed by atoms with van der Waals surface area (Å²) in [6.07, 6.45) is 3.65. The SMILES string of the molecule is O=C(NCCCN1CCC(c2ccc(F)cc2)CC1)N1C(=O)NCCC1c1ccccc1. The maximum atomic E-state index is 13.1. The summed E-state index contributed by atoms with van der Waals surface area (Å²) in [7, 11) is 0. The van der Waals surface area contributed by atoms with Crippen LogP contribution in [0.3, 0.4) is 0 Å². The van der Waals surface area contributed by atoms with Crippen LogP contribution >= 0.6 is 0 Å². The molecule has 1 unspecified atom stereocenters. The Balaban J connectivity index is 1.21. The van der Waals surface area contributed by atoms with Gasteiger partial charge in [0.2, 0.25) is 0 Å². The molecule has 6 nitrogen and oxygen atoms in total. The van der Waals surface area contributed by atoms with E-state index in [9.17, 15) is 14.0 Å². The van der Waals surface area contributed by atoms with Gasteiger partial charge in [0.25, 0.3) is 0 Å². The standard InChI is InChI=1S/C25H31FN4O2/c26-22-9-7-19(8-10-22)20-12-17-29(18-13-20)16-4-14-27-24(31)30-23(11-15-28-25(30)32)21-5-2-1-3-6-21/h1-3,5-10,20,23H,4,11-18H2,(H,27,31)(H,28,32). The van der Waals surface area contributed by atoms with Gasteiger partial charge in [-0.05, 0) is 74.5 Å². The zero-order chi connectivity index (χ0) is 22.3. The Bertz CT molecular complexity index is 898. The van der Waals surface area contributed by atoms with E-state index in [1.165, 1.54) is 22.6 Å². The maximum absolute atomic E-state index is 13.1. The maximum Gasteiger partial charge on any atom is 0.326 e. The average Bonchev–Trinajstić information content (AvgIpc) is 2.83. The summed E-state index contributed by atoms with van der Waals surface area (Å²) in [6.45, 7) is 4.00. The van der Waals surface area contributed by atoms with Gasteiger partial charge in [0.15, 0.2) is 0 Å². The van der Waals surface area contributed by atoms with Gasteiger partial charge in [0, 0.05) is 13.1 Å². The van der Waals surface area contributed by atoms with Crippen LogP contribution in [0.15, 0.2) is 54.6 Å². The lowest BCUT2D eigenvalue weighted by molar-refractivity contribution is 0.154. The Morgan fingerprint density at radius 2 is 1.72 bits per heavy atom. The minimum Gasteiger partial charge on any atom is -0.338 e. The molecule has 2 aromatic carbocycles. The second-order valence-corrected chi connectivity index (χ2v) is 8.57. The Morgan fingerprint density at radius 3 is 2.44 bits per heavy atom. The summed E-state index contributed by atoms with van der Waals surface area (Å²) in [4.78, 5) is 28.9. The number of carbonyl (C=O) groups is 2. The van der Waals surface area contributed by atoms with E-state index in [1.54, 1.807) is 0 Å². The predicted octanol–water partition coefficient (Wildman–Crippen LogP) is 4.26. The number of hydrogen-bond donors (Lipinski definition) is 2. The molecule has 0 bridgehead atoms. The predicted molar refractivity (Wildman–Crippen MR) is 122 cm³/mol. The molecule has 170 valence electrons. The van der Waals surface area contributed by atoms with Gasteiger partial charge in [0.1, 0.15) is 5.82 Å². The van der Waals surface area contributed by atoms with E-state index in [2.05, 4.69) is 15.5 Å². The number of nitrogens with one attached hydrogen (secondary N) is 2. The zero-order valence-electron chi connectivity index (χ0n) is 18.3. The van der Waals surface area contributed by atoms with Gasteiger partial charge in [-0.15, -0.1) is 0 Å². The van der Waals surface area contributed by atoms with Gasteiger partial charge in [-0.2, -0.15) is 0 Å². The Hall–Kier alpha value is -2.93. The monoisotopic (exact) mass is 438 g/mol. The van der Waals surface area contributed by atoms with Gasteiger partial charge in [-0.1, -0.05) is 42.5 Å². The fourth-order valence-electron chi connectivity index (χ4n) is 4.70. The van der Waals surface area contributed by atoms with Crippen molar-refractivity contribution in [2.24, 2.45) is 0 Å². The molecule has 2 aliphatic heterocycles. The van der Waals surface area contributed by atoms with Crippen LogP contribution in [0, 0.1) is 5.82 Å². The van der Waals surface area contributed by atoms with E-state index in [-0.39, 0.29) is 23.9 Å². The lowest BCUT2D eigenvalue weighted by Crippen LogP contribution is -2.54. The molecule has 2 N–H and O–H groups in total. The normalized spacial score (nSPS) is 20.1. The van der Waals surface area contributed by atoms with Crippen LogP contribution in [0.1, 0.15) is 48.8 Å². The fourth-order valence-corrected chi connectivity index (χ4v) is 4.70. The Labute approximate surface area is 188 Å². The molecule has 0 radical (unpaired) electrons. The topological polar surface area (TPSA) is 64.7 Å². The molecule has 2 fully saturated rings. The van der Waals surface area contributed by atoms with Crippen LogP contribution in [0.4, 0.5) is 14.0 Å². The number of piperidine rings is 1. The molecule has 0 aliphatic carbocycles. The third-order valence-electron chi connectivity index (χ3n) is 6.48. The van der Waals surface area contributed by atoms with Crippen LogP contribution < -0.4 is 10.6 Å². The van der Waals surface area contributed by atoms with Crippen molar-refractivity contribution < 1.29 is 14.0 Å². The lowest BCUT2D eigenvalue weighted by Gasteiger charge is -2.35. The quantitative estimate of drug-likeness (QED) is 0.663. The highest BCUT2D eigenvalue weighted by Crippen LogP contribution is 2.28. The van der Waals surface area contributed by atoms with Gasteiger partial charge >= 0.3 is 12.1 Å². The van der Waals surface area contributed by atoms with Crippen LogP contribution in [0.2, 0.25) is 0 Å². The summed E-state index contributed by atoms with van der Waals surface area (Å²) >= 11 is 0. The first-order chi connectivity index (χ1) is 15.6. The molecule has 7 heteroatoms. The van der Waals surface area contributed by atoms with E-state index < -0.39 is 0 Å². The van der Waals surface area contributed by atoms with Crippen molar-refractivity contribution in [2.75, 3.05) is 32.7 Å².